The molecular weight excluding hydrogens is 390 g/mol. The van der Waals surface area contributed by atoms with E-state index in [-0.39, 0.29) is 11.1 Å². The van der Waals surface area contributed by atoms with Crippen molar-refractivity contribution >= 4 is 12.1 Å². The standard InChI is InChI=1S/C25H27N3O3/c1-3-4-15-31-22-8-5-7-21(16-22)17-26-27-24(29)23-9-6-14-28(25(23)30)18-20-12-10-19(2)11-13-20/h5-14,16-17H,3-4,15,18H2,1-2H3,(H,27,29)/b26-17-. The van der Waals surface area contributed by atoms with Crippen LogP contribution in [0.5, 0.6) is 5.75 Å². The summed E-state index contributed by atoms with van der Waals surface area (Å²) in [6, 6.07) is 18.6. The van der Waals surface area contributed by atoms with Crippen LogP contribution in [0, 0.1) is 6.92 Å². The molecule has 0 aliphatic carbocycles. The number of hydrazone groups is 1. The average Bonchev–Trinajstić information content (AvgIpc) is 2.77. The Kier molecular flexibility index (Phi) is 7.76. The molecule has 0 radical (unpaired) electrons. The van der Waals surface area contributed by atoms with Crippen LogP contribution in [0.2, 0.25) is 0 Å². The molecule has 3 rings (SSSR count). The van der Waals surface area contributed by atoms with Gasteiger partial charge in [0.05, 0.1) is 19.4 Å². The molecular formula is C25H27N3O3. The number of pyridine rings is 1. The highest BCUT2D eigenvalue weighted by Gasteiger charge is 2.11. The summed E-state index contributed by atoms with van der Waals surface area (Å²) in [5.41, 5.74) is 5.05. The monoisotopic (exact) mass is 417 g/mol. The summed E-state index contributed by atoms with van der Waals surface area (Å²) in [7, 11) is 0. The highest BCUT2D eigenvalue weighted by Crippen LogP contribution is 2.12. The number of nitrogens with one attached hydrogen (secondary N) is 1. The molecule has 0 aliphatic heterocycles. The number of rotatable bonds is 9. The lowest BCUT2D eigenvalue weighted by molar-refractivity contribution is 0.0953. The van der Waals surface area contributed by atoms with Crippen LogP contribution in [0.4, 0.5) is 0 Å². The molecule has 160 valence electrons. The van der Waals surface area contributed by atoms with Gasteiger partial charge in [-0.15, -0.1) is 0 Å². The van der Waals surface area contributed by atoms with E-state index in [1.807, 2.05) is 55.5 Å². The first kappa shape index (κ1) is 22.0. The molecule has 31 heavy (non-hydrogen) atoms. The zero-order valence-corrected chi connectivity index (χ0v) is 17.9. The second-order valence-electron chi connectivity index (χ2n) is 7.31. The van der Waals surface area contributed by atoms with Gasteiger partial charge in [-0.3, -0.25) is 9.59 Å². The average molecular weight is 418 g/mol. The maximum atomic E-state index is 12.7. The summed E-state index contributed by atoms with van der Waals surface area (Å²) in [6.45, 7) is 5.18. The number of nitrogens with zero attached hydrogens (tertiary/aromatic N) is 2. The Labute approximate surface area is 182 Å². The maximum Gasteiger partial charge on any atom is 0.276 e. The molecule has 6 heteroatoms. The Bertz CT molecular complexity index is 1100. The van der Waals surface area contributed by atoms with Gasteiger partial charge >= 0.3 is 0 Å². The number of unbranched alkanes of at least 4 members (excludes halogenated alkanes) is 1. The lowest BCUT2D eigenvalue weighted by Crippen LogP contribution is -2.30. The third-order valence-corrected chi connectivity index (χ3v) is 4.74. The third kappa shape index (κ3) is 6.40. The molecule has 1 N–H and O–H groups in total. The lowest BCUT2D eigenvalue weighted by Gasteiger charge is -2.08. The van der Waals surface area contributed by atoms with Gasteiger partial charge < -0.3 is 9.30 Å². The summed E-state index contributed by atoms with van der Waals surface area (Å²) in [5, 5.41) is 3.99. The van der Waals surface area contributed by atoms with E-state index in [1.54, 1.807) is 12.3 Å². The van der Waals surface area contributed by atoms with Gasteiger partial charge in [-0.2, -0.15) is 5.10 Å². The van der Waals surface area contributed by atoms with Gasteiger partial charge in [0, 0.05) is 6.20 Å². The highest BCUT2D eigenvalue weighted by atomic mass is 16.5. The van der Waals surface area contributed by atoms with E-state index < -0.39 is 5.91 Å². The molecule has 2 aromatic carbocycles. The molecule has 0 atom stereocenters. The normalized spacial score (nSPS) is 10.9. The van der Waals surface area contributed by atoms with Crippen molar-refractivity contribution in [2.45, 2.75) is 33.2 Å². The Balaban J connectivity index is 1.65. The summed E-state index contributed by atoms with van der Waals surface area (Å²) in [5.74, 6) is 0.209. The summed E-state index contributed by atoms with van der Waals surface area (Å²) in [4.78, 5) is 25.2. The Morgan fingerprint density at radius 2 is 1.94 bits per heavy atom. The predicted octanol–water partition coefficient (Wildman–Crippen LogP) is 4.15. The number of hydrogen-bond acceptors (Lipinski definition) is 4. The molecule has 6 nitrogen and oxygen atoms in total. The van der Waals surface area contributed by atoms with E-state index in [0.717, 1.165) is 35.3 Å². The molecule has 0 unspecified atom stereocenters. The number of ether oxygens (including phenoxy) is 1. The van der Waals surface area contributed by atoms with Crippen LogP contribution in [-0.2, 0) is 6.54 Å². The fraction of sp³-hybridized carbons (Fsp3) is 0.240. The topological polar surface area (TPSA) is 72.7 Å². The Morgan fingerprint density at radius 1 is 1.13 bits per heavy atom. The molecule has 0 aliphatic rings. The van der Waals surface area contributed by atoms with Crippen LogP contribution >= 0.6 is 0 Å². The van der Waals surface area contributed by atoms with E-state index >= 15 is 0 Å². The van der Waals surface area contributed by atoms with Crippen molar-refractivity contribution in [1.82, 2.24) is 9.99 Å². The zero-order chi connectivity index (χ0) is 22.1. The van der Waals surface area contributed by atoms with Gasteiger partial charge in [-0.1, -0.05) is 55.3 Å². The summed E-state index contributed by atoms with van der Waals surface area (Å²) >= 11 is 0. The van der Waals surface area contributed by atoms with E-state index in [2.05, 4.69) is 17.5 Å². The summed E-state index contributed by atoms with van der Waals surface area (Å²) in [6.07, 6.45) is 5.26. The number of aromatic nitrogens is 1. The molecule has 1 amide bonds. The molecule has 1 heterocycles. The molecule has 1 aromatic heterocycles. The fourth-order valence-corrected chi connectivity index (χ4v) is 2.97. The first-order valence-electron chi connectivity index (χ1n) is 10.4. The molecule has 3 aromatic rings. The van der Waals surface area contributed by atoms with Crippen LogP contribution < -0.4 is 15.7 Å². The highest BCUT2D eigenvalue weighted by molar-refractivity contribution is 5.94. The van der Waals surface area contributed by atoms with Crippen molar-refractivity contribution in [2.75, 3.05) is 6.61 Å². The number of aryl methyl sites for hydroxylation is 1. The molecule has 0 fully saturated rings. The molecule has 0 saturated carbocycles. The maximum absolute atomic E-state index is 12.7. The predicted molar refractivity (Wildman–Crippen MR) is 123 cm³/mol. The van der Waals surface area contributed by atoms with Gasteiger partial charge in [0.25, 0.3) is 11.5 Å². The van der Waals surface area contributed by atoms with Crippen molar-refractivity contribution < 1.29 is 9.53 Å². The SMILES string of the molecule is CCCCOc1cccc(/C=N\NC(=O)c2cccn(Cc3ccc(C)cc3)c2=O)c1. The smallest absolute Gasteiger partial charge is 0.276 e. The zero-order valence-electron chi connectivity index (χ0n) is 17.9. The van der Waals surface area contributed by atoms with Gasteiger partial charge in [-0.05, 0) is 48.7 Å². The number of carbonyl (C=O) groups excluding carboxylic acids is 1. The number of hydrogen-bond donors (Lipinski definition) is 1. The summed E-state index contributed by atoms with van der Waals surface area (Å²) < 4.78 is 7.19. The van der Waals surface area contributed by atoms with Crippen molar-refractivity contribution in [2.24, 2.45) is 5.10 Å². The van der Waals surface area contributed by atoms with Crippen LogP contribution in [0.25, 0.3) is 0 Å². The van der Waals surface area contributed by atoms with E-state index in [0.29, 0.717) is 13.2 Å². The van der Waals surface area contributed by atoms with E-state index in [9.17, 15) is 9.59 Å². The van der Waals surface area contributed by atoms with Crippen LogP contribution in [-0.4, -0.2) is 23.3 Å². The van der Waals surface area contributed by atoms with Crippen molar-refractivity contribution in [3.05, 3.63) is 99.5 Å². The van der Waals surface area contributed by atoms with Gasteiger partial charge in [0.15, 0.2) is 0 Å². The third-order valence-electron chi connectivity index (χ3n) is 4.74. The quantitative estimate of drug-likeness (QED) is 0.323. The molecule has 0 saturated heterocycles. The number of amides is 1. The number of carbonyl (C=O) groups is 1. The largest absolute Gasteiger partial charge is 0.494 e. The lowest BCUT2D eigenvalue weighted by atomic mass is 10.1. The minimum atomic E-state index is -0.546. The van der Waals surface area contributed by atoms with Crippen LogP contribution in [0.15, 0.2) is 76.8 Å². The minimum absolute atomic E-state index is 0.0448. The number of benzene rings is 2. The van der Waals surface area contributed by atoms with Crippen molar-refractivity contribution in [1.29, 1.82) is 0 Å². The van der Waals surface area contributed by atoms with Gasteiger partial charge in [-0.25, -0.2) is 5.43 Å². The van der Waals surface area contributed by atoms with E-state index in [1.165, 1.54) is 16.8 Å². The molecule has 0 spiro atoms. The first-order valence-corrected chi connectivity index (χ1v) is 10.4. The Morgan fingerprint density at radius 3 is 2.71 bits per heavy atom. The second-order valence-corrected chi connectivity index (χ2v) is 7.31. The minimum Gasteiger partial charge on any atom is -0.494 e. The Hall–Kier alpha value is -3.67. The van der Waals surface area contributed by atoms with Gasteiger partial charge in [0.2, 0.25) is 0 Å². The molecule has 0 bridgehead atoms. The fourth-order valence-electron chi connectivity index (χ4n) is 2.97. The van der Waals surface area contributed by atoms with E-state index in [4.69, 9.17) is 4.74 Å². The van der Waals surface area contributed by atoms with Crippen molar-refractivity contribution in [3.8, 4) is 5.75 Å². The van der Waals surface area contributed by atoms with Crippen LogP contribution in [0.1, 0.15) is 46.8 Å². The van der Waals surface area contributed by atoms with Gasteiger partial charge in [0.1, 0.15) is 11.3 Å². The first-order chi connectivity index (χ1) is 15.1. The van der Waals surface area contributed by atoms with Crippen molar-refractivity contribution in [3.63, 3.8) is 0 Å². The second kappa shape index (κ2) is 10.9. The van der Waals surface area contributed by atoms with Crippen LogP contribution in [0.3, 0.4) is 0 Å².